The van der Waals surface area contributed by atoms with Gasteiger partial charge >= 0.3 is 0 Å². The molecule has 15 heavy (non-hydrogen) atoms. The van der Waals surface area contributed by atoms with Crippen molar-refractivity contribution in [3.05, 3.63) is 34.6 Å². The van der Waals surface area contributed by atoms with E-state index in [1.807, 2.05) is 0 Å². The first-order chi connectivity index (χ1) is 7.06. The van der Waals surface area contributed by atoms with Gasteiger partial charge < -0.3 is 10.2 Å². The Morgan fingerprint density at radius 2 is 2.00 bits per heavy atom. The van der Waals surface area contributed by atoms with Gasteiger partial charge in [-0.1, -0.05) is 17.7 Å². The minimum absolute atomic E-state index is 0.0250. The first kappa shape index (κ1) is 12.7. The minimum atomic E-state index is -1.28. The van der Waals surface area contributed by atoms with Gasteiger partial charge in [0.15, 0.2) is 0 Å². The second-order valence-corrected chi connectivity index (χ2v) is 3.97. The van der Waals surface area contributed by atoms with Crippen LogP contribution >= 0.6 is 23.2 Å². The standard InChI is InChI=1S/C10H11Cl2FO2/c11-4-3-9(14)10(15)7-2-1-6(12)5-8(7)13/h1-2,5,9-10,14-15H,3-4H2. The van der Waals surface area contributed by atoms with E-state index in [2.05, 4.69) is 0 Å². The zero-order chi connectivity index (χ0) is 11.4. The Hall–Kier alpha value is -0.350. The molecule has 84 valence electrons. The molecule has 2 unspecified atom stereocenters. The maximum atomic E-state index is 13.3. The van der Waals surface area contributed by atoms with Crippen molar-refractivity contribution in [3.63, 3.8) is 0 Å². The summed E-state index contributed by atoms with van der Waals surface area (Å²) in [6.45, 7) is 0. The fraction of sp³-hybridized carbons (Fsp3) is 0.400. The summed E-state index contributed by atoms with van der Waals surface area (Å²) in [6.07, 6.45) is -2.15. The molecule has 5 heteroatoms. The van der Waals surface area contributed by atoms with Crippen molar-refractivity contribution >= 4 is 23.2 Å². The lowest BCUT2D eigenvalue weighted by molar-refractivity contribution is 0.0149. The van der Waals surface area contributed by atoms with Crippen LogP contribution in [0.15, 0.2) is 18.2 Å². The molecule has 0 fully saturated rings. The maximum absolute atomic E-state index is 13.3. The van der Waals surface area contributed by atoms with Crippen LogP contribution in [0.4, 0.5) is 4.39 Å². The molecule has 0 saturated carbocycles. The topological polar surface area (TPSA) is 40.5 Å². The molecular formula is C10H11Cl2FO2. The number of hydrogen-bond acceptors (Lipinski definition) is 2. The molecule has 1 aromatic rings. The lowest BCUT2D eigenvalue weighted by Gasteiger charge is -2.17. The van der Waals surface area contributed by atoms with Crippen LogP contribution in [0.1, 0.15) is 18.1 Å². The van der Waals surface area contributed by atoms with E-state index in [1.54, 1.807) is 0 Å². The predicted molar refractivity (Wildman–Crippen MR) is 57.7 cm³/mol. The van der Waals surface area contributed by atoms with Crippen molar-refractivity contribution < 1.29 is 14.6 Å². The molecule has 0 heterocycles. The summed E-state index contributed by atoms with van der Waals surface area (Å²) in [5.74, 6) is -0.434. The van der Waals surface area contributed by atoms with Gasteiger partial charge in [0.2, 0.25) is 0 Å². The molecule has 2 N–H and O–H groups in total. The van der Waals surface area contributed by atoms with Gasteiger partial charge in [-0.2, -0.15) is 0 Å². The zero-order valence-corrected chi connectivity index (χ0v) is 9.34. The third-order valence-corrected chi connectivity index (χ3v) is 2.50. The molecular weight excluding hydrogens is 242 g/mol. The molecule has 2 nitrogen and oxygen atoms in total. The summed E-state index contributed by atoms with van der Waals surface area (Å²) in [5.41, 5.74) is 0.0250. The van der Waals surface area contributed by atoms with Gasteiger partial charge in [0.25, 0.3) is 0 Å². The Labute approximate surface area is 97.3 Å². The number of halogens is 3. The molecule has 0 radical (unpaired) electrons. The quantitative estimate of drug-likeness (QED) is 0.809. The number of aliphatic hydroxyl groups excluding tert-OH is 2. The van der Waals surface area contributed by atoms with E-state index in [0.717, 1.165) is 6.07 Å². The van der Waals surface area contributed by atoms with Gasteiger partial charge in [-0.25, -0.2) is 4.39 Å². The Morgan fingerprint density at radius 1 is 1.33 bits per heavy atom. The van der Waals surface area contributed by atoms with Crippen LogP contribution in [0, 0.1) is 5.82 Å². The molecule has 0 spiro atoms. The number of aliphatic hydroxyl groups is 2. The van der Waals surface area contributed by atoms with Crippen molar-refractivity contribution in [2.75, 3.05) is 5.88 Å². The van der Waals surface area contributed by atoms with E-state index >= 15 is 0 Å². The van der Waals surface area contributed by atoms with Crippen LogP contribution in [0.3, 0.4) is 0 Å². The molecule has 0 aromatic heterocycles. The minimum Gasteiger partial charge on any atom is -0.390 e. The zero-order valence-electron chi connectivity index (χ0n) is 7.83. The summed E-state index contributed by atoms with van der Waals surface area (Å²) in [6, 6.07) is 3.89. The van der Waals surface area contributed by atoms with Crippen molar-refractivity contribution in [3.8, 4) is 0 Å². The van der Waals surface area contributed by atoms with Gasteiger partial charge in [-0.15, -0.1) is 11.6 Å². The molecule has 0 aliphatic carbocycles. The molecule has 0 bridgehead atoms. The average Bonchev–Trinajstić information content (AvgIpc) is 2.17. The lowest BCUT2D eigenvalue weighted by Crippen LogP contribution is -2.19. The molecule has 0 amide bonds. The summed E-state index contributed by atoms with van der Waals surface area (Å²) < 4.78 is 13.3. The Balaban J connectivity index is 2.86. The van der Waals surface area contributed by atoms with Crippen LogP contribution in [-0.2, 0) is 0 Å². The third kappa shape index (κ3) is 3.31. The SMILES string of the molecule is OC(CCCl)C(O)c1ccc(Cl)cc1F. The van der Waals surface area contributed by atoms with Crippen LogP contribution in [0.5, 0.6) is 0 Å². The van der Waals surface area contributed by atoms with Crippen LogP contribution in [0.25, 0.3) is 0 Å². The summed E-state index contributed by atoms with van der Waals surface area (Å²) in [5, 5.41) is 19.3. The highest BCUT2D eigenvalue weighted by molar-refractivity contribution is 6.30. The molecule has 2 atom stereocenters. The lowest BCUT2D eigenvalue weighted by atomic mass is 10.0. The van der Waals surface area contributed by atoms with Gasteiger partial charge in [0.05, 0.1) is 6.10 Å². The molecule has 0 aliphatic heterocycles. The average molecular weight is 253 g/mol. The maximum Gasteiger partial charge on any atom is 0.130 e. The van der Waals surface area contributed by atoms with Gasteiger partial charge in [-0.05, 0) is 18.6 Å². The number of hydrogen-bond donors (Lipinski definition) is 2. The smallest absolute Gasteiger partial charge is 0.130 e. The van der Waals surface area contributed by atoms with E-state index in [1.165, 1.54) is 12.1 Å². The van der Waals surface area contributed by atoms with E-state index in [-0.39, 0.29) is 22.9 Å². The number of alkyl halides is 1. The molecule has 0 aliphatic rings. The van der Waals surface area contributed by atoms with Crippen molar-refractivity contribution in [2.24, 2.45) is 0 Å². The Kier molecular flexibility index (Phi) is 4.80. The monoisotopic (exact) mass is 252 g/mol. The normalized spacial score (nSPS) is 15.0. The first-order valence-corrected chi connectivity index (χ1v) is 5.34. The third-order valence-electron chi connectivity index (χ3n) is 2.05. The number of rotatable bonds is 4. The highest BCUT2D eigenvalue weighted by Gasteiger charge is 2.20. The van der Waals surface area contributed by atoms with Gasteiger partial charge in [-0.3, -0.25) is 0 Å². The van der Waals surface area contributed by atoms with Crippen molar-refractivity contribution in [2.45, 2.75) is 18.6 Å². The summed E-state index contributed by atoms with van der Waals surface area (Å²) >= 11 is 11.0. The van der Waals surface area contributed by atoms with E-state index in [0.29, 0.717) is 0 Å². The Morgan fingerprint density at radius 3 is 2.53 bits per heavy atom. The first-order valence-electron chi connectivity index (χ1n) is 4.43. The summed E-state index contributed by atoms with van der Waals surface area (Å²) in [4.78, 5) is 0. The van der Waals surface area contributed by atoms with E-state index < -0.39 is 18.0 Å². The molecule has 0 saturated heterocycles. The van der Waals surface area contributed by atoms with E-state index in [9.17, 15) is 14.6 Å². The predicted octanol–water partition coefficient (Wildman–Crippen LogP) is 2.50. The van der Waals surface area contributed by atoms with Gasteiger partial charge in [0, 0.05) is 16.5 Å². The fourth-order valence-electron chi connectivity index (χ4n) is 1.22. The van der Waals surface area contributed by atoms with E-state index in [4.69, 9.17) is 23.2 Å². The highest BCUT2D eigenvalue weighted by atomic mass is 35.5. The van der Waals surface area contributed by atoms with Crippen LogP contribution in [0.2, 0.25) is 5.02 Å². The van der Waals surface area contributed by atoms with Crippen molar-refractivity contribution in [1.29, 1.82) is 0 Å². The van der Waals surface area contributed by atoms with Crippen LogP contribution in [-0.4, -0.2) is 22.2 Å². The van der Waals surface area contributed by atoms with Crippen LogP contribution < -0.4 is 0 Å². The van der Waals surface area contributed by atoms with Crippen molar-refractivity contribution in [1.82, 2.24) is 0 Å². The highest BCUT2D eigenvalue weighted by Crippen LogP contribution is 2.24. The second kappa shape index (κ2) is 5.66. The molecule has 1 aromatic carbocycles. The Bertz CT molecular complexity index is 333. The largest absolute Gasteiger partial charge is 0.390 e. The fourth-order valence-corrected chi connectivity index (χ4v) is 1.60. The molecule has 1 rings (SSSR count). The second-order valence-electron chi connectivity index (χ2n) is 3.16. The van der Waals surface area contributed by atoms with Gasteiger partial charge in [0.1, 0.15) is 11.9 Å². The number of benzene rings is 1. The summed E-state index contributed by atoms with van der Waals surface area (Å²) in [7, 11) is 0.